The third-order valence-corrected chi connectivity index (χ3v) is 4.02. The minimum Gasteiger partial charge on any atom is -0.483 e. The van der Waals surface area contributed by atoms with Crippen molar-refractivity contribution in [2.75, 3.05) is 6.61 Å². The Labute approximate surface area is 153 Å². The zero-order chi connectivity index (χ0) is 18.2. The van der Waals surface area contributed by atoms with E-state index in [1.165, 1.54) is 0 Å². The summed E-state index contributed by atoms with van der Waals surface area (Å²) in [6.45, 7) is 2.01. The summed E-state index contributed by atoms with van der Waals surface area (Å²) < 4.78 is 5.70. The zero-order valence-electron chi connectivity index (χ0n) is 14.8. The van der Waals surface area contributed by atoms with Crippen molar-refractivity contribution in [3.63, 3.8) is 0 Å². The maximum Gasteiger partial charge on any atom is 0.277 e. The van der Waals surface area contributed by atoms with E-state index in [1.54, 1.807) is 0 Å². The summed E-state index contributed by atoms with van der Waals surface area (Å²) in [6, 6.07) is 23.6. The van der Waals surface area contributed by atoms with Crippen LogP contribution >= 0.6 is 0 Å². The number of hydrogen-bond acceptors (Lipinski definition) is 3. The van der Waals surface area contributed by atoms with Gasteiger partial charge in [0, 0.05) is 5.39 Å². The monoisotopic (exact) mass is 346 g/mol. The van der Waals surface area contributed by atoms with Crippen molar-refractivity contribution in [2.24, 2.45) is 5.10 Å². The summed E-state index contributed by atoms with van der Waals surface area (Å²) in [7, 11) is 0. The van der Waals surface area contributed by atoms with E-state index in [1.807, 2.05) is 72.8 Å². The fourth-order valence-corrected chi connectivity index (χ4v) is 2.76. The minimum atomic E-state index is -0.275. The van der Waals surface area contributed by atoms with Crippen LogP contribution in [0.4, 0.5) is 0 Å². The van der Waals surface area contributed by atoms with Crippen LogP contribution in [0, 0.1) is 0 Å². The van der Waals surface area contributed by atoms with E-state index in [-0.39, 0.29) is 12.5 Å². The topological polar surface area (TPSA) is 50.7 Å². The van der Waals surface area contributed by atoms with E-state index in [0.29, 0.717) is 5.75 Å². The van der Waals surface area contributed by atoms with Crippen LogP contribution in [0.2, 0.25) is 0 Å². The fraction of sp³-hybridized carbons (Fsp3) is 0.182. The second-order valence-corrected chi connectivity index (χ2v) is 5.98. The second kappa shape index (κ2) is 8.81. The first-order valence-electron chi connectivity index (χ1n) is 8.79. The Kier molecular flexibility index (Phi) is 5.99. The van der Waals surface area contributed by atoms with E-state index in [2.05, 4.69) is 17.5 Å². The van der Waals surface area contributed by atoms with Gasteiger partial charge in [0.25, 0.3) is 5.91 Å². The Hall–Kier alpha value is -3.14. The largest absolute Gasteiger partial charge is 0.483 e. The lowest BCUT2D eigenvalue weighted by atomic mass is 10.1. The molecule has 26 heavy (non-hydrogen) atoms. The number of nitrogens with zero attached hydrogens (tertiary/aromatic N) is 1. The van der Waals surface area contributed by atoms with Gasteiger partial charge in [0.15, 0.2) is 6.61 Å². The maximum atomic E-state index is 12.1. The highest BCUT2D eigenvalue weighted by Gasteiger charge is 2.07. The number of fused-ring (bicyclic) bond motifs is 1. The lowest BCUT2D eigenvalue weighted by Gasteiger charge is -2.09. The Bertz CT molecular complexity index is 899. The van der Waals surface area contributed by atoms with Gasteiger partial charge >= 0.3 is 0 Å². The van der Waals surface area contributed by atoms with Crippen LogP contribution < -0.4 is 10.2 Å². The first kappa shape index (κ1) is 17.7. The molecule has 3 aromatic carbocycles. The minimum absolute atomic E-state index is 0.0777. The van der Waals surface area contributed by atoms with Crippen LogP contribution in [0.1, 0.15) is 25.3 Å². The van der Waals surface area contributed by atoms with Crippen molar-refractivity contribution < 1.29 is 9.53 Å². The molecule has 0 aliphatic rings. The average molecular weight is 346 g/mol. The van der Waals surface area contributed by atoms with E-state index >= 15 is 0 Å². The molecule has 0 atom stereocenters. The number of carbonyl (C=O) groups excluding carboxylic acids is 1. The van der Waals surface area contributed by atoms with E-state index < -0.39 is 0 Å². The molecule has 0 fully saturated rings. The van der Waals surface area contributed by atoms with Crippen molar-refractivity contribution in [1.29, 1.82) is 0 Å². The van der Waals surface area contributed by atoms with Crippen LogP contribution in [0.25, 0.3) is 10.8 Å². The Morgan fingerprint density at radius 3 is 2.50 bits per heavy atom. The number of benzene rings is 3. The van der Waals surface area contributed by atoms with Crippen molar-refractivity contribution in [1.82, 2.24) is 5.43 Å². The first-order valence-corrected chi connectivity index (χ1v) is 8.79. The molecular weight excluding hydrogens is 324 g/mol. The maximum absolute atomic E-state index is 12.1. The van der Waals surface area contributed by atoms with Gasteiger partial charge in [-0.15, -0.1) is 0 Å². The molecule has 1 N–H and O–H groups in total. The summed E-state index contributed by atoms with van der Waals surface area (Å²) in [5.41, 5.74) is 4.49. The van der Waals surface area contributed by atoms with Crippen molar-refractivity contribution in [2.45, 2.75) is 19.8 Å². The van der Waals surface area contributed by atoms with Crippen molar-refractivity contribution in [3.05, 3.63) is 78.4 Å². The number of rotatable bonds is 7. The third-order valence-electron chi connectivity index (χ3n) is 4.02. The molecule has 3 aromatic rings. The highest BCUT2D eigenvalue weighted by molar-refractivity contribution is 6.01. The molecule has 4 heteroatoms. The predicted molar refractivity (Wildman–Crippen MR) is 105 cm³/mol. The van der Waals surface area contributed by atoms with E-state index in [9.17, 15) is 4.79 Å². The molecule has 0 aliphatic carbocycles. The van der Waals surface area contributed by atoms with Gasteiger partial charge in [0.05, 0.1) is 5.71 Å². The molecular formula is C22H22N2O2. The van der Waals surface area contributed by atoms with Gasteiger partial charge in [0.1, 0.15) is 5.75 Å². The van der Waals surface area contributed by atoms with Gasteiger partial charge in [-0.3, -0.25) is 4.79 Å². The number of carbonyl (C=O) groups is 1. The van der Waals surface area contributed by atoms with Gasteiger partial charge in [-0.2, -0.15) is 5.10 Å². The van der Waals surface area contributed by atoms with Crippen LogP contribution in [0.3, 0.4) is 0 Å². The fourth-order valence-electron chi connectivity index (χ4n) is 2.76. The lowest BCUT2D eigenvalue weighted by Crippen LogP contribution is -2.26. The van der Waals surface area contributed by atoms with Crippen LogP contribution in [-0.4, -0.2) is 18.2 Å². The molecule has 0 bridgehead atoms. The predicted octanol–water partition coefficient (Wildman–Crippen LogP) is 4.54. The van der Waals surface area contributed by atoms with E-state index in [0.717, 1.165) is 34.9 Å². The summed E-state index contributed by atoms with van der Waals surface area (Å²) in [5, 5.41) is 6.36. The van der Waals surface area contributed by atoms with Gasteiger partial charge in [-0.1, -0.05) is 80.1 Å². The average Bonchev–Trinajstić information content (AvgIpc) is 2.70. The standard InChI is InChI=1S/C22H22N2O2/c1-2-9-20(18-11-4-3-5-12-18)23-24-22(25)16-26-21-15-8-13-17-10-6-7-14-19(17)21/h3-8,10-15H,2,9,16H2,1H3,(H,24,25)/b23-20+. The van der Waals surface area contributed by atoms with Gasteiger partial charge in [-0.25, -0.2) is 5.43 Å². The molecule has 1 amide bonds. The van der Waals surface area contributed by atoms with Gasteiger partial charge < -0.3 is 4.74 Å². The molecule has 0 radical (unpaired) electrons. The number of hydrogen-bond donors (Lipinski definition) is 1. The smallest absolute Gasteiger partial charge is 0.277 e. The number of hydrazone groups is 1. The molecule has 4 nitrogen and oxygen atoms in total. The van der Waals surface area contributed by atoms with Crippen LogP contribution in [0.15, 0.2) is 77.9 Å². The lowest BCUT2D eigenvalue weighted by molar-refractivity contribution is -0.123. The summed E-state index contributed by atoms with van der Waals surface area (Å²) in [4.78, 5) is 12.1. The molecule has 0 saturated carbocycles. The summed E-state index contributed by atoms with van der Waals surface area (Å²) in [5.74, 6) is 0.418. The van der Waals surface area contributed by atoms with Gasteiger partial charge in [0.2, 0.25) is 0 Å². The normalized spacial score (nSPS) is 11.3. The summed E-state index contributed by atoms with van der Waals surface area (Å²) in [6.07, 6.45) is 1.75. The molecule has 0 saturated heterocycles. The molecule has 132 valence electrons. The second-order valence-electron chi connectivity index (χ2n) is 5.98. The molecule has 3 rings (SSSR count). The molecule has 0 unspecified atom stereocenters. The number of nitrogens with one attached hydrogen (secondary N) is 1. The van der Waals surface area contributed by atoms with Crippen molar-refractivity contribution in [3.8, 4) is 5.75 Å². The molecule has 0 aromatic heterocycles. The Morgan fingerprint density at radius 2 is 1.69 bits per heavy atom. The highest BCUT2D eigenvalue weighted by Crippen LogP contribution is 2.24. The summed E-state index contributed by atoms with van der Waals surface area (Å²) >= 11 is 0. The first-order chi connectivity index (χ1) is 12.8. The number of amides is 1. The van der Waals surface area contributed by atoms with Crippen LogP contribution in [-0.2, 0) is 4.79 Å². The molecule has 0 spiro atoms. The number of ether oxygens (including phenoxy) is 1. The van der Waals surface area contributed by atoms with Crippen molar-refractivity contribution >= 4 is 22.4 Å². The Morgan fingerprint density at radius 1 is 0.962 bits per heavy atom. The highest BCUT2D eigenvalue weighted by atomic mass is 16.5. The Balaban J connectivity index is 1.64. The molecule has 0 heterocycles. The van der Waals surface area contributed by atoms with Gasteiger partial charge in [-0.05, 0) is 23.4 Å². The van der Waals surface area contributed by atoms with E-state index in [4.69, 9.17) is 4.74 Å². The quantitative estimate of drug-likeness (QED) is 0.504. The van der Waals surface area contributed by atoms with Crippen LogP contribution in [0.5, 0.6) is 5.75 Å². The molecule has 0 aliphatic heterocycles. The zero-order valence-corrected chi connectivity index (χ0v) is 14.8. The third kappa shape index (κ3) is 4.48. The SMILES string of the molecule is CCC/C(=N\NC(=O)COc1cccc2ccccc12)c1ccccc1.